The quantitative estimate of drug-likeness (QED) is 0.669. The lowest BCUT2D eigenvalue weighted by Gasteiger charge is -2.19. The van der Waals surface area contributed by atoms with Crippen LogP contribution in [0.3, 0.4) is 0 Å². The number of aliphatic hydroxyl groups is 1. The van der Waals surface area contributed by atoms with E-state index in [1.165, 1.54) is 14.0 Å². The maximum absolute atomic E-state index is 11.6. The summed E-state index contributed by atoms with van der Waals surface area (Å²) in [4.78, 5) is 22.5. The lowest BCUT2D eigenvalue weighted by Crippen LogP contribution is -2.31. The fraction of sp³-hybridized carbons (Fsp3) is 0.800. The largest absolute Gasteiger partial charge is 0.469 e. The van der Waals surface area contributed by atoms with E-state index in [1.54, 1.807) is 13.8 Å². The summed E-state index contributed by atoms with van der Waals surface area (Å²) < 4.78 is 4.46. The molecule has 0 aliphatic rings. The highest BCUT2D eigenvalue weighted by Gasteiger charge is 2.28. The Morgan fingerprint density at radius 3 is 2.07 bits per heavy atom. The third-order valence-electron chi connectivity index (χ3n) is 2.13. The first-order chi connectivity index (χ1) is 6.40. The number of carbonyl (C=O) groups is 2. The van der Waals surface area contributed by atoms with E-state index in [-0.39, 0.29) is 18.1 Å². The lowest BCUT2D eigenvalue weighted by molar-refractivity contribution is -0.146. The molecule has 14 heavy (non-hydrogen) atoms. The second-order valence-electron chi connectivity index (χ2n) is 3.68. The van der Waals surface area contributed by atoms with Gasteiger partial charge in [0.05, 0.1) is 25.6 Å². The van der Waals surface area contributed by atoms with Gasteiger partial charge in [-0.2, -0.15) is 0 Å². The van der Waals surface area contributed by atoms with Crippen LogP contribution in [0.25, 0.3) is 0 Å². The second-order valence-corrected chi connectivity index (χ2v) is 3.68. The van der Waals surface area contributed by atoms with E-state index in [4.69, 9.17) is 0 Å². The zero-order valence-electron chi connectivity index (χ0n) is 9.11. The van der Waals surface area contributed by atoms with Crippen LogP contribution in [-0.4, -0.2) is 30.1 Å². The van der Waals surface area contributed by atoms with Crippen LogP contribution in [0.1, 0.15) is 27.2 Å². The van der Waals surface area contributed by atoms with Crippen molar-refractivity contribution in [2.24, 2.45) is 11.8 Å². The zero-order valence-corrected chi connectivity index (χ0v) is 9.11. The molecule has 4 nitrogen and oxygen atoms in total. The van der Waals surface area contributed by atoms with E-state index in [0.29, 0.717) is 0 Å². The van der Waals surface area contributed by atoms with Crippen molar-refractivity contribution in [3.05, 3.63) is 0 Å². The SMILES string of the molecule is COC(=O)CC(C(=O)C(C)C)[C@H](C)O. The number of Topliss-reactive ketones (excluding diaryl/α,β-unsaturated/α-hetero) is 1. The van der Waals surface area contributed by atoms with Crippen molar-refractivity contribution in [1.29, 1.82) is 0 Å². The van der Waals surface area contributed by atoms with Gasteiger partial charge in [-0.05, 0) is 6.92 Å². The Labute approximate surface area is 84.3 Å². The minimum atomic E-state index is -0.816. The highest BCUT2D eigenvalue weighted by atomic mass is 16.5. The average molecular weight is 202 g/mol. The minimum absolute atomic E-state index is 0.0504. The molecule has 0 amide bonds. The van der Waals surface area contributed by atoms with Crippen LogP contribution in [0.2, 0.25) is 0 Å². The van der Waals surface area contributed by atoms with Gasteiger partial charge < -0.3 is 9.84 Å². The number of hydrogen-bond acceptors (Lipinski definition) is 4. The van der Waals surface area contributed by atoms with Crippen molar-refractivity contribution in [3.8, 4) is 0 Å². The summed E-state index contributed by atoms with van der Waals surface area (Å²) in [5.74, 6) is -1.41. The molecule has 0 aliphatic carbocycles. The number of rotatable bonds is 5. The maximum atomic E-state index is 11.6. The molecule has 82 valence electrons. The highest BCUT2D eigenvalue weighted by molar-refractivity contribution is 5.87. The molecule has 4 heteroatoms. The molecule has 0 spiro atoms. The van der Waals surface area contributed by atoms with Crippen LogP contribution < -0.4 is 0 Å². The van der Waals surface area contributed by atoms with Gasteiger partial charge in [0, 0.05) is 5.92 Å². The molecular formula is C10H18O4. The summed E-state index contributed by atoms with van der Waals surface area (Å²) >= 11 is 0. The number of ketones is 1. The van der Waals surface area contributed by atoms with Crippen LogP contribution in [0, 0.1) is 11.8 Å². The molecule has 1 unspecified atom stereocenters. The number of hydrogen-bond donors (Lipinski definition) is 1. The van der Waals surface area contributed by atoms with Crippen molar-refractivity contribution >= 4 is 11.8 Å². The number of methoxy groups -OCH3 is 1. The summed E-state index contributed by atoms with van der Waals surface area (Å²) in [5, 5.41) is 9.35. The van der Waals surface area contributed by atoms with Crippen molar-refractivity contribution < 1.29 is 19.4 Å². The smallest absolute Gasteiger partial charge is 0.306 e. The van der Waals surface area contributed by atoms with Gasteiger partial charge in [0.15, 0.2) is 0 Å². The first kappa shape index (κ1) is 13.1. The van der Waals surface area contributed by atoms with Crippen molar-refractivity contribution in [1.82, 2.24) is 0 Å². The molecule has 0 aromatic heterocycles. The van der Waals surface area contributed by atoms with E-state index in [9.17, 15) is 14.7 Å². The Hall–Kier alpha value is -0.900. The Bertz CT molecular complexity index is 208. The Balaban J connectivity index is 4.45. The van der Waals surface area contributed by atoms with Crippen molar-refractivity contribution in [2.45, 2.75) is 33.3 Å². The Morgan fingerprint density at radius 2 is 1.79 bits per heavy atom. The first-order valence-corrected chi connectivity index (χ1v) is 4.68. The molecule has 0 heterocycles. The first-order valence-electron chi connectivity index (χ1n) is 4.68. The third-order valence-corrected chi connectivity index (χ3v) is 2.13. The van der Waals surface area contributed by atoms with Gasteiger partial charge >= 0.3 is 5.97 Å². The molecule has 0 radical (unpaired) electrons. The minimum Gasteiger partial charge on any atom is -0.469 e. The predicted molar refractivity (Wildman–Crippen MR) is 51.6 cm³/mol. The Morgan fingerprint density at radius 1 is 1.29 bits per heavy atom. The standard InChI is InChI=1S/C10H18O4/c1-6(2)10(13)8(7(3)11)5-9(12)14-4/h6-8,11H,5H2,1-4H3/t7-,8?/m0/s1. The normalized spacial score (nSPS) is 15.0. The average Bonchev–Trinajstić information content (AvgIpc) is 2.11. The van der Waals surface area contributed by atoms with Gasteiger partial charge in [0.1, 0.15) is 5.78 Å². The summed E-state index contributed by atoms with van der Waals surface area (Å²) in [6.45, 7) is 5.00. The van der Waals surface area contributed by atoms with Crippen LogP contribution in [0.15, 0.2) is 0 Å². The molecule has 0 aliphatic heterocycles. The molecule has 0 aromatic carbocycles. The van der Waals surface area contributed by atoms with E-state index >= 15 is 0 Å². The molecule has 0 aromatic rings. The molecule has 2 atom stereocenters. The fourth-order valence-corrected chi connectivity index (χ4v) is 1.20. The van der Waals surface area contributed by atoms with Gasteiger partial charge in [0.25, 0.3) is 0 Å². The van der Waals surface area contributed by atoms with Gasteiger partial charge in [-0.1, -0.05) is 13.8 Å². The maximum Gasteiger partial charge on any atom is 0.306 e. The lowest BCUT2D eigenvalue weighted by atomic mass is 9.88. The van der Waals surface area contributed by atoms with Crippen molar-refractivity contribution in [2.75, 3.05) is 7.11 Å². The summed E-state index contributed by atoms with van der Waals surface area (Å²) in [5.41, 5.74) is 0. The zero-order chi connectivity index (χ0) is 11.3. The number of ether oxygens (including phenoxy) is 1. The third kappa shape index (κ3) is 3.87. The van der Waals surface area contributed by atoms with Crippen LogP contribution in [-0.2, 0) is 14.3 Å². The topological polar surface area (TPSA) is 63.6 Å². The van der Waals surface area contributed by atoms with Crippen LogP contribution in [0.5, 0.6) is 0 Å². The molecule has 0 fully saturated rings. The van der Waals surface area contributed by atoms with Gasteiger partial charge in [0.2, 0.25) is 0 Å². The Kier molecular flexibility index (Phi) is 5.38. The fourth-order valence-electron chi connectivity index (χ4n) is 1.20. The van der Waals surface area contributed by atoms with Crippen LogP contribution >= 0.6 is 0 Å². The molecular weight excluding hydrogens is 184 g/mol. The number of esters is 1. The van der Waals surface area contributed by atoms with Gasteiger partial charge in [-0.15, -0.1) is 0 Å². The molecule has 0 saturated heterocycles. The molecule has 0 rings (SSSR count). The summed E-state index contributed by atoms with van der Waals surface area (Å²) in [6, 6.07) is 0. The van der Waals surface area contributed by atoms with Gasteiger partial charge in [-0.25, -0.2) is 0 Å². The van der Waals surface area contributed by atoms with E-state index in [1.807, 2.05) is 0 Å². The molecule has 0 bridgehead atoms. The molecule has 0 saturated carbocycles. The summed E-state index contributed by atoms with van der Waals surface area (Å²) in [7, 11) is 1.27. The second kappa shape index (κ2) is 5.75. The number of carbonyl (C=O) groups excluding carboxylic acids is 2. The molecule has 1 N–H and O–H groups in total. The van der Waals surface area contributed by atoms with E-state index in [2.05, 4.69) is 4.74 Å². The highest BCUT2D eigenvalue weighted by Crippen LogP contribution is 2.16. The summed E-state index contributed by atoms with van der Waals surface area (Å²) in [6.07, 6.45) is -0.866. The van der Waals surface area contributed by atoms with E-state index in [0.717, 1.165) is 0 Å². The monoisotopic (exact) mass is 202 g/mol. The predicted octanol–water partition coefficient (Wildman–Crippen LogP) is 0.772. The van der Waals surface area contributed by atoms with Crippen LogP contribution in [0.4, 0.5) is 0 Å². The van der Waals surface area contributed by atoms with Crippen molar-refractivity contribution in [3.63, 3.8) is 0 Å². The van der Waals surface area contributed by atoms with E-state index < -0.39 is 18.0 Å². The van der Waals surface area contributed by atoms with Gasteiger partial charge in [-0.3, -0.25) is 9.59 Å². The number of aliphatic hydroxyl groups excluding tert-OH is 1.